The normalized spacial score (nSPS) is 18.1. The van der Waals surface area contributed by atoms with Crippen LogP contribution < -0.4 is 0 Å². The first kappa shape index (κ1) is 24.2. The largest absolute Gasteiger partial charge is 0.452 e. The van der Waals surface area contributed by atoms with Gasteiger partial charge in [0.1, 0.15) is 11.6 Å². The Morgan fingerprint density at radius 3 is 2.30 bits per heavy atom. The van der Waals surface area contributed by atoms with Crippen molar-refractivity contribution < 1.29 is 37.0 Å². The van der Waals surface area contributed by atoms with E-state index in [1.807, 2.05) is 0 Å². The number of amides is 1. The molecule has 1 fully saturated rings. The maximum Gasteiger partial charge on any atom is 0.411 e. The number of benzene rings is 1. The summed E-state index contributed by atoms with van der Waals surface area (Å²) in [5.41, 5.74) is -0.819. The SMILES string of the molecule is CC(C)(C)OC(=O)N1CCC[C@H]1C(=O)OC(CC(F)(F)F)C(=O)c1ccc(Br)cc1. The lowest BCUT2D eigenvalue weighted by molar-refractivity contribution is -0.170. The lowest BCUT2D eigenvalue weighted by atomic mass is 10.0. The van der Waals surface area contributed by atoms with Crippen molar-refractivity contribution in [1.29, 1.82) is 0 Å². The minimum atomic E-state index is -4.73. The van der Waals surface area contributed by atoms with Crippen LogP contribution in [0, 0.1) is 0 Å². The van der Waals surface area contributed by atoms with Gasteiger partial charge in [-0.25, -0.2) is 9.59 Å². The number of halogens is 4. The van der Waals surface area contributed by atoms with Gasteiger partial charge >= 0.3 is 18.2 Å². The average Bonchev–Trinajstić information content (AvgIpc) is 3.08. The predicted octanol–water partition coefficient (Wildman–Crippen LogP) is 4.90. The Hall–Kier alpha value is -2.10. The zero-order valence-corrected chi connectivity index (χ0v) is 18.4. The van der Waals surface area contributed by atoms with Gasteiger partial charge in [-0.1, -0.05) is 28.1 Å². The Kier molecular flexibility index (Phi) is 7.54. The summed E-state index contributed by atoms with van der Waals surface area (Å²) >= 11 is 3.18. The summed E-state index contributed by atoms with van der Waals surface area (Å²) in [4.78, 5) is 38.7. The van der Waals surface area contributed by atoms with Crippen LogP contribution in [0.25, 0.3) is 0 Å². The van der Waals surface area contributed by atoms with Crippen molar-refractivity contribution in [2.45, 2.75) is 64.0 Å². The van der Waals surface area contributed by atoms with Crippen molar-refractivity contribution in [2.75, 3.05) is 6.54 Å². The number of Topliss-reactive ketones (excluding diaryl/α,β-unsaturated/α-hetero) is 1. The minimum absolute atomic E-state index is 0.0179. The fourth-order valence-electron chi connectivity index (χ4n) is 2.97. The monoisotopic (exact) mass is 493 g/mol. The highest BCUT2D eigenvalue weighted by molar-refractivity contribution is 9.10. The molecule has 1 aromatic carbocycles. The summed E-state index contributed by atoms with van der Waals surface area (Å²) in [6.07, 6.45) is -8.47. The highest BCUT2D eigenvalue weighted by Crippen LogP contribution is 2.28. The summed E-state index contributed by atoms with van der Waals surface area (Å²) in [6.45, 7) is 5.18. The zero-order chi connectivity index (χ0) is 22.7. The van der Waals surface area contributed by atoms with E-state index >= 15 is 0 Å². The van der Waals surface area contributed by atoms with Crippen LogP contribution in [0.3, 0.4) is 0 Å². The number of carbonyl (C=O) groups excluding carboxylic acids is 3. The van der Waals surface area contributed by atoms with Crippen molar-refractivity contribution in [2.24, 2.45) is 0 Å². The van der Waals surface area contributed by atoms with Gasteiger partial charge in [0.15, 0.2) is 6.10 Å². The fourth-order valence-corrected chi connectivity index (χ4v) is 3.23. The molecule has 0 bridgehead atoms. The number of ketones is 1. The number of hydrogen-bond donors (Lipinski definition) is 0. The number of ether oxygens (including phenoxy) is 2. The van der Waals surface area contributed by atoms with E-state index in [2.05, 4.69) is 15.9 Å². The number of esters is 1. The van der Waals surface area contributed by atoms with E-state index in [4.69, 9.17) is 9.47 Å². The molecule has 2 rings (SSSR count). The van der Waals surface area contributed by atoms with Gasteiger partial charge in [0.05, 0.1) is 6.42 Å². The summed E-state index contributed by atoms with van der Waals surface area (Å²) in [5.74, 6) is -2.02. The van der Waals surface area contributed by atoms with E-state index in [0.29, 0.717) is 10.9 Å². The van der Waals surface area contributed by atoms with Crippen LogP contribution in [0.1, 0.15) is 50.4 Å². The molecule has 0 saturated carbocycles. The molecule has 1 amide bonds. The molecule has 10 heteroatoms. The quantitative estimate of drug-likeness (QED) is 0.431. The second-order valence-electron chi connectivity index (χ2n) is 7.95. The van der Waals surface area contributed by atoms with Crippen molar-refractivity contribution >= 4 is 33.8 Å². The molecule has 1 aromatic rings. The molecule has 0 aromatic heterocycles. The zero-order valence-electron chi connectivity index (χ0n) is 16.8. The third-order valence-corrected chi connectivity index (χ3v) is 4.78. The van der Waals surface area contributed by atoms with Gasteiger partial charge in [-0.3, -0.25) is 9.69 Å². The van der Waals surface area contributed by atoms with Crippen molar-refractivity contribution in [3.63, 3.8) is 0 Å². The molecule has 6 nitrogen and oxygen atoms in total. The molecule has 0 spiro atoms. The minimum Gasteiger partial charge on any atom is -0.452 e. The molecule has 0 aliphatic carbocycles. The van der Waals surface area contributed by atoms with Crippen LogP contribution in [-0.2, 0) is 14.3 Å². The fraction of sp³-hybridized carbons (Fsp3) is 0.550. The molecule has 1 unspecified atom stereocenters. The average molecular weight is 494 g/mol. The Bertz CT molecular complexity index is 789. The van der Waals surface area contributed by atoms with Gasteiger partial charge < -0.3 is 9.47 Å². The maximum atomic E-state index is 13.0. The topological polar surface area (TPSA) is 72.9 Å². The number of carbonyl (C=O) groups is 3. The van der Waals surface area contributed by atoms with Gasteiger partial charge in [0, 0.05) is 16.6 Å². The molecule has 0 radical (unpaired) electrons. The van der Waals surface area contributed by atoms with Gasteiger partial charge in [0.25, 0.3) is 0 Å². The molecule has 1 heterocycles. The standard InChI is InChI=1S/C20H23BrF3NO5/c1-19(2,3)30-18(28)25-10-4-5-14(25)17(27)29-15(11-20(22,23)24)16(26)12-6-8-13(21)9-7-12/h6-9,14-15H,4-5,10-11H2,1-3H3/t14-,15?/m0/s1. The van der Waals surface area contributed by atoms with Crippen molar-refractivity contribution in [3.8, 4) is 0 Å². The van der Waals surface area contributed by atoms with Crippen molar-refractivity contribution in [1.82, 2.24) is 4.90 Å². The second-order valence-corrected chi connectivity index (χ2v) is 8.86. The van der Waals surface area contributed by atoms with Crippen LogP contribution in [0.15, 0.2) is 28.7 Å². The lowest BCUT2D eigenvalue weighted by Crippen LogP contribution is -2.46. The molecular weight excluding hydrogens is 471 g/mol. The van der Waals surface area contributed by atoms with Gasteiger partial charge in [-0.2, -0.15) is 13.2 Å². The molecule has 30 heavy (non-hydrogen) atoms. The predicted molar refractivity (Wildman–Crippen MR) is 105 cm³/mol. The van der Waals surface area contributed by atoms with Crippen LogP contribution in [-0.4, -0.2) is 53.2 Å². The number of alkyl halides is 3. The van der Waals surface area contributed by atoms with E-state index in [9.17, 15) is 27.6 Å². The van der Waals surface area contributed by atoms with Crippen LogP contribution in [0.2, 0.25) is 0 Å². The van der Waals surface area contributed by atoms with Crippen LogP contribution in [0.5, 0.6) is 0 Å². The Balaban J connectivity index is 2.17. The first-order chi connectivity index (χ1) is 13.8. The van der Waals surface area contributed by atoms with Gasteiger partial charge in [-0.05, 0) is 45.7 Å². The Morgan fingerprint density at radius 2 is 1.77 bits per heavy atom. The molecule has 2 atom stereocenters. The Labute approximate surface area is 180 Å². The summed E-state index contributed by atoms with van der Waals surface area (Å²) in [6, 6.07) is 4.58. The number of hydrogen-bond acceptors (Lipinski definition) is 5. The van der Waals surface area contributed by atoms with E-state index in [-0.39, 0.29) is 18.5 Å². The van der Waals surface area contributed by atoms with Gasteiger partial charge in [0.2, 0.25) is 5.78 Å². The molecule has 1 aliphatic rings. The van der Waals surface area contributed by atoms with Crippen molar-refractivity contribution in [3.05, 3.63) is 34.3 Å². The first-order valence-corrected chi connectivity index (χ1v) is 10.1. The highest BCUT2D eigenvalue weighted by Gasteiger charge is 2.42. The number of nitrogens with zero attached hydrogens (tertiary/aromatic N) is 1. The first-order valence-electron chi connectivity index (χ1n) is 9.33. The second kappa shape index (κ2) is 9.36. The smallest absolute Gasteiger partial charge is 0.411 e. The molecule has 1 aliphatic heterocycles. The van der Waals surface area contributed by atoms with E-state index in [1.54, 1.807) is 20.8 Å². The van der Waals surface area contributed by atoms with Gasteiger partial charge in [-0.15, -0.1) is 0 Å². The van der Waals surface area contributed by atoms with E-state index < -0.39 is 48.2 Å². The lowest BCUT2D eigenvalue weighted by Gasteiger charge is -2.28. The maximum absolute atomic E-state index is 13.0. The van der Waals surface area contributed by atoms with E-state index in [1.165, 1.54) is 24.3 Å². The van der Waals surface area contributed by atoms with Crippen LogP contribution in [0.4, 0.5) is 18.0 Å². The number of rotatable bonds is 5. The summed E-state index contributed by atoms with van der Waals surface area (Å²) in [7, 11) is 0. The van der Waals surface area contributed by atoms with Crippen LogP contribution >= 0.6 is 15.9 Å². The third kappa shape index (κ3) is 7.00. The third-order valence-electron chi connectivity index (χ3n) is 4.25. The molecule has 1 saturated heterocycles. The molecule has 0 N–H and O–H groups in total. The van der Waals surface area contributed by atoms with E-state index in [0.717, 1.165) is 4.90 Å². The molecule has 166 valence electrons. The number of likely N-dealkylation sites (tertiary alicyclic amines) is 1. The highest BCUT2D eigenvalue weighted by atomic mass is 79.9. The summed E-state index contributed by atoms with van der Waals surface area (Å²) < 4.78 is 50.0. The Morgan fingerprint density at radius 1 is 1.17 bits per heavy atom. The summed E-state index contributed by atoms with van der Waals surface area (Å²) in [5, 5.41) is 0. The molecular formula is C20H23BrF3NO5.